The molecule has 7 aromatic rings. The molecule has 4 heteroatoms. The Labute approximate surface area is 350 Å². The van der Waals surface area contributed by atoms with E-state index in [1.807, 2.05) is 11.3 Å². The first-order valence-corrected chi connectivity index (χ1v) is 22.4. The fraction of sp³-hybridized carbons (Fsp3) is 0.333. The van der Waals surface area contributed by atoms with Crippen LogP contribution in [0.15, 0.2) is 97.1 Å². The average Bonchev–Trinajstić information content (AvgIpc) is 3.63. The van der Waals surface area contributed by atoms with Gasteiger partial charge in [-0.3, -0.25) is 0 Å². The summed E-state index contributed by atoms with van der Waals surface area (Å²) in [6, 6.07) is 38.5. The highest BCUT2D eigenvalue weighted by atomic mass is 32.1. The molecule has 2 aliphatic carbocycles. The summed E-state index contributed by atoms with van der Waals surface area (Å²) in [6.07, 6.45) is 3.54. The molecule has 0 bridgehead atoms. The number of hydrogen-bond donors (Lipinski definition) is 0. The number of rotatable bonds is 2. The summed E-state index contributed by atoms with van der Waals surface area (Å²) in [4.78, 5) is 5.37. The molecule has 0 saturated heterocycles. The summed E-state index contributed by atoms with van der Waals surface area (Å²) in [5.41, 5.74) is 22.5. The number of benzene rings is 6. The minimum atomic E-state index is 0.0718. The van der Waals surface area contributed by atoms with E-state index in [0.717, 1.165) is 6.42 Å². The number of hydrogen-bond acceptors (Lipinski definition) is 3. The molecule has 1 aromatic heterocycles. The Morgan fingerprint density at radius 1 is 0.500 bits per heavy atom. The number of anilines is 6. The van der Waals surface area contributed by atoms with E-state index >= 15 is 0 Å². The minimum absolute atomic E-state index is 0.0718. The van der Waals surface area contributed by atoms with Crippen molar-refractivity contribution in [3.8, 4) is 0 Å². The first-order chi connectivity index (χ1) is 27.5. The van der Waals surface area contributed by atoms with Crippen molar-refractivity contribution in [1.82, 2.24) is 0 Å². The van der Waals surface area contributed by atoms with Crippen LogP contribution in [0.2, 0.25) is 0 Å². The van der Waals surface area contributed by atoms with Crippen LogP contribution in [0.25, 0.3) is 20.2 Å². The van der Waals surface area contributed by atoms with Crippen LogP contribution in [0, 0.1) is 20.8 Å². The molecule has 2 nitrogen and oxygen atoms in total. The normalized spacial score (nSPS) is 18.8. The van der Waals surface area contributed by atoms with Gasteiger partial charge in [0.15, 0.2) is 0 Å². The fourth-order valence-corrected chi connectivity index (χ4v) is 13.3. The molecular weight excluding hydrogens is 719 g/mol. The third-order valence-corrected chi connectivity index (χ3v) is 16.1. The molecule has 0 fully saturated rings. The van der Waals surface area contributed by atoms with Gasteiger partial charge in [-0.25, -0.2) is 0 Å². The SMILES string of the molecule is Cc1cc2c3c(c1)N(c1ccccc1C)c1c(ccc4sc5ccccc5c14)B3c1cc3c(cc1N2c1cc2c(cc1C)C(C)(C)CCC2(C)C)C(C)(C)CC3(C)C. The molecule has 0 radical (unpaired) electrons. The molecule has 0 spiro atoms. The molecule has 4 aliphatic rings. The Morgan fingerprint density at radius 3 is 1.83 bits per heavy atom. The number of aryl methyl sites for hydroxylation is 3. The van der Waals surface area contributed by atoms with Gasteiger partial charge in [-0.2, -0.15) is 0 Å². The van der Waals surface area contributed by atoms with E-state index in [0.29, 0.717) is 0 Å². The fourth-order valence-electron chi connectivity index (χ4n) is 12.2. The zero-order valence-corrected chi connectivity index (χ0v) is 37.1. The molecule has 58 heavy (non-hydrogen) atoms. The second-order valence-electron chi connectivity index (χ2n) is 20.9. The zero-order valence-electron chi connectivity index (χ0n) is 36.2. The molecule has 2 aliphatic heterocycles. The van der Waals surface area contributed by atoms with E-state index in [9.17, 15) is 0 Å². The zero-order chi connectivity index (χ0) is 40.4. The maximum atomic E-state index is 2.71. The molecule has 0 amide bonds. The molecule has 0 unspecified atom stereocenters. The molecule has 0 atom stereocenters. The Balaban J connectivity index is 1.30. The van der Waals surface area contributed by atoms with Gasteiger partial charge in [-0.05, 0) is 159 Å². The van der Waals surface area contributed by atoms with Crippen molar-refractivity contribution in [2.75, 3.05) is 9.80 Å². The van der Waals surface area contributed by atoms with Crippen molar-refractivity contribution >= 4 is 88.7 Å². The van der Waals surface area contributed by atoms with Crippen LogP contribution in [0.1, 0.15) is 114 Å². The van der Waals surface area contributed by atoms with Gasteiger partial charge >= 0.3 is 0 Å². The van der Waals surface area contributed by atoms with Crippen LogP contribution in [0.3, 0.4) is 0 Å². The lowest BCUT2D eigenvalue weighted by atomic mass is 9.33. The molecule has 0 N–H and O–H groups in total. The van der Waals surface area contributed by atoms with Gasteiger partial charge in [0.2, 0.25) is 0 Å². The van der Waals surface area contributed by atoms with Crippen LogP contribution in [-0.4, -0.2) is 6.71 Å². The average molecular weight is 775 g/mol. The van der Waals surface area contributed by atoms with Gasteiger partial charge in [0.05, 0.1) is 5.69 Å². The van der Waals surface area contributed by atoms with E-state index in [-0.39, 0.29) is 28.4 Å². The summed E-state index contributed by atoms with van der Waals surface area (Å²) < 4.78 is 2.69. The molecule has 0 saturated carbocycles. The summed E-state index contributed by atoms with van der Waals surface area (Å²) in [6.45, 7) is 26.8. The second kappa shape index (κ2) is 11.7. The van der Waals surface area contributed by atoms with Gasteiger partial charge in [0, 0.05) is 48.6 Å². The predicted molar refractivity (Wildman–Crippen MR) is 254 cm³/mol. The van der Waals surface area contributed by atoms with Crippen molar-refractivity contribution in [3.63, 3.8) is 0 Å². The van der Waals surface area contributed by atoms with Gasteiger partial charge in [0.1, 0.15) is 0 Å². The predicted octanol–water partition coefficient (Wildman–Crippen LogP) is 13.4. The molecule has 3 heterocycles. The van der Waals surface area contributed by atoms with Gasteiger partial charge in [-0.15, -0.1) is 11.3 Å². The molecular formula is C54H55BN2S. The van der Waals surface area contributed by atoms with Crippen molar-refractivity contribution in [2.45, 2.75) is 117 Å². The van der Waals surface area contributed by atoms with Crippen molar-refractivity contribution < 1.29 is 0 Å². The summed E-state index contributed by atoms with van der Waals surface area (Å²) in [5.74, 6) is 0. The number of fused-ring (bicyclic) bond motifs is 10. The largest absolute Gasteiger partial charge is 0.311 e. The highest BCUT2D eigenvalue weighted by Crippen LogP contribution is 2.55. The quantitative estimate of drug-likeness (QED) is 0.161. The Morgan fingerprint density at radius 2 is 1.10 bits per heavy atom. The third-order valence-electron chi connectivity index (χ3n) is 15.0. The number of nitrogens with zero attached hydrogens (tertiary/aromatic N) is 2. The van der Waals surface area contributed by atoms with E-state index < -0.39 is 0 Å². The Bertz CT molecular complexity index is 2940. The second-order valence-corrected chi connectivity index (χ2v) is 22.0. The minimum Gasteiger partial charge on any atom is -0.311 e. The Kier molecular flexibility index (Phi) is 7.32. The standard InChI is InChI=1S/C54H55BN2S/c1-31-24-44-49-45(25-31)57(41-18-14-12-16-32(41)2)50-39(20-21-47-48(50)34-17-13-15-19-46(34)58-47)55(49)40-27-36-38(54(10,11)30-53(36,8)9)29-43(40)56(44)42-28-37-35(26-33(42)3)51(4,5)22-23-52(37,6)7/h12-21,24-29H,22-23,30H2,1-11H3. The highest BCUT2D eigenvalue weighted by Gasteiger charge is 2.49. The first-order valence-electron chi connectivity index (χ1n) is 21.6. The number of para-hydroxylation sites is 1. The van der Waals surface area contributed by atoms with E-state index in [2.05, 4.69) is 183 Å². The molecule has 290 valence electrons. The molecule has 6 aromatic carbocycles. The summed E-state index contributed by atoms with van der Waals surface area (Å²) in [5, 5.41) is 2.72. The summed E-state index contributed by atoms with van der Waals surface area (Å²) in [7, 11) is 0. The van der Waals surface area contributed by atoms with Crippen molar-refractivity contribution in [2.24, 2.45) is 0 Å². The lowest BCUT2D eigenvalue weighted by molar-refractivity contribution is 0.332. The van der Waals surface area contributed by atoms with Crippen LogP contribution in [0.5, 0.6) is 0 Å². The van der Waals surface area contributed by atoms with Crippen LogP contribution in [0.4, 0.5) is 34.1 Å². The smallest absolute Gasteiger partial charge is 0.252 e. The van der Waals surface area contributed by atoms with E-state index in [4.69, 9.17) is 0 Å². The highest BCUT2D eigenvalue weighted by molar-refractivity contribution is 7.26. The topological polar surface area (TPSA) is 6.48 Å². The first kappa shape index (κ1) is 36.3. The lowest BCUT2D eigenvalue weighted by Crippen LogP contribution is -2.61. The van der Waals surface area contributed by atoms with E-state index in [1.165, 1.54) is 122 Å². The maximum Gasteiger partial charge on any atom is 0.252 e. The number of thiophene rings is 1. The molecule has 11 rings (SSSR count). The van der Waals surface area contributed by atoms with Crippen molar-refractivity contribution in [1.29, 1.82) is 0 Å². The van der Waals surface area contributed by atoms with E-state index in [1.54, 1.807) is 0 Å². The van der Waals surface area contributed by atoms with Gasteiger partial charge < -0.3 is 9.80 Å². The van der Waals surface area contributed by atoms with Gasteiger partial charge in [-0.1, -0.05) is 110 Å². The summed E-state index contributed by atoms with van der Waals surface area (Å²) >= 11 is 1.92. The maximum absolute atomic E-state index is 2.71. The van der Waals surface area contributed by atoms with Gasteiger partial charge in [0.25, 0.3) is 6.71 Å². The monoisotopic (exact) mass is 774 g/mol. The Hall–Kier alpha value is -4.80. The van der Waals surface area contributed by atoms with Crippen LogP contribution in [-0.2, 0) is 21.7 Å². The third kappa shape index (κ3) is 4.85. The van der Waals surface area contributed by atoms with Crippen molar-refractivity contribution in [3.05, 3.63) is 136 Å². The van der Waals surface area contributed by atoms with Crippen LogP contribution >= 0.6 is 11.3 Å². The van der Waals surface area contributed by atoms with Crippen LogP contribution < -0.4 is 26.2 Å². The lowest BCUT2D eigenvalue weighted by Gasteiger charge is -2.47.